The molecule has 0 unspecified atom stereocenters. The van der Waals surface area contributed by atoms with Crippen LogP contribution in [0.4, 0.5) is 11.4 Å². The average Bonchev–Trinajstić information content (AvgIpc) is 2.49. The molecular weight excluding hydrogens is 352 g/mol. The van der Waals surface area contributed by atoms with E-state index in [9.17, 15) is 18.0 Å². The summed E-state index contributed by atoms with van der Waals surface area (Å²) in [5.74, 6) is -0.692. The molecule has 2 rings (SSSR count). The number of carbonyl (C=O) groups excluding carboxylic acids is 2. The predicted octanol–water partition coefficient (Wildman–Crippen LogP) is 2.95. The Bertz CT molecular complexity index is 893. The van der Waals surface area contributed by atoms with Crippen LogP contribution in [0, 0.1) is 0 Å². The first-order valence-corrected chi connectivity index (χ1v) is 9.12. The van der Waals surface area contributed by atoms with E-state index in [0.717, 1.165) is 6.26 Å². The monoisotopic (exact) mass is 366 g/mol. The molecule has 0 fully saturated rings. The molecule has 0 bridgehead atoms. The molecule has 0 radical (unpaired) electrons. The zero-order chi connectivity index (χ0) is 17.9. The number of hydrogen-bond donors (Lipinski definition) is 2. The molecule has 0 saturated heterocycles. The van der Waals surface area contributed by atoms with Gasteiger partial charge in [0.15, 0.2) is 9.84 Å². The van der Waals surface area contributed by atoms with Crippen LogP contribution >= 0.6 is 11.6 Å². The minimum atomic E-state index is -3.31. The number of anilines is 2. The summed E-state index contributed by atoms with van der Waals surface area (Å²) in [5.41, 5.74) is 1.13. The van der Waals surface area contributed by atoms with Crippen molar-refractivity contribution in [1.29, 1.82) is 0 Å². The van der Waals surface area contributed by atoms with Gasteiger partial charge < -0.3 is 10.6 Å². The van der Waals surface area contributed by atoms with Crippen LogP contribution in [-0.4, -0.2) is 26.5 Å². The highest BCUT2D eigenvalue weighted by atomic mass is 35.5. The lowest BCUT2D eigenvalue weighted by molar-refractivity contribution is -0.114. The second-order valence-electron chi connectivity index (χ2n) is 5.13. The summed E-state index contributed by atoms with van der Waals surface area (Å²) in [4.78, 5) is 23.5. The SMILES string of the molecule is CC(=O)Nc1cc(NC(=O)c2ccc(S(C)(=O)=O)cc2)ccc1Cl. The largest absolute Gasteiger partial charge is 0.325 e. The molecule has 2 amide bonds. The van der Waals surface area contributed by atoms with Crippen molar-refractivity contribution in [1.82, 2.24) is 0 Å². The zero-order valence-corrected chi connectivity index (χ0v) is 14.5. The van der Waals surface area contributed by atoms with Gasteiger partial charge in [-0.25, -0.2) is 8.42 Å². The maximum atomic E-state index is 12.2. The summed E-state index contributed by atoms with van der Waals surface area (Å²) in [5, 5.41) is 5.57. The molecule has 0 aliphatic heterocycles. The standard InChI is InChI=1S/C16H15ClN2O4S/c1-10(20)18-15-9-12(5-8-14(15)17)19-16(21)11-3-6-13(7-4-11)24(2,22)23/h3-9H,1-2H3,(H,18,20)(H,19,21). The van der Waals surface area contributed by atoms with Gasteiger partial charge in [0, 0.05) is 24.4 Å². The van der Waals surface area contributed by atoms with E-state index in [1.807, 2.05) is 0 Å². The van der Waals surface area contributed by atoms with Gasteiger partial charge in [-0.2, -0.15) is 0 Å². The Balaban J connectivity index is 2.19. The van der Waals surface area contributed by atoms with Crippen molar-refractivity contribution in [2.24, 2.45) is 0 Å². The van der Waals surface area contributed by atoms with Gasteiger partial charge in [-0.3, -0.25) is 9.59 Å². The van der Waals surface area contributed by atoms with Crippen molar-refractivity contribution in [2.75, 3.05) is 16.9 Å². The number of carbonyl (C=O) groups is 2. The number of nitrogens with one attached hydrogen (secondary N) is 2. The van der Waals surface area contributed by atoms with Crippen molar-refractivity contribution < 1.29 is 18.0 Å². The molecule has 2 aromatic rings. The van der Waals surface area contributed by atoms with Crippen LogP contribution in [0.5, 0.6) is 0 Å². The van der Waals surface area contributed by atoms with Gasteiger partial charge >= 0.3 is 0 Å². The molecule has 24 heavy (non-hydrogen) atoms. The van der Waals surface area contributed by atoms with Crippen molar-refractivity contribution in [3.63, 3.8) is 0 Å². The van der Waals surface area contributed by atoms with Crippen LogP contribution in [0.3, 0.4) is 0 Å². The summed E-state index contributed by atoms with van der Waals surface area (Å²) >= 11 is 5.97. The fraction of sp³-hybridized carbons (Fsp3) is 0.125. The van der Waals surface area contributed by atoms with Gasteiger partial charge in [-0.1, -0.05) is 11.6 Å². The van der Waals surface area contributed by atoms with Gasteiger partial charge in [0.25, 0.3) is 5.91 Å². The topological polar surface area (TPSA) is 92.3 Å². The van der Waals surface area contributed by atoms with Crippen LogP contribution in [0.1, 0.15) is 17.3 Å². The van der Waals surface area contributed by atoms with Crippen molar-refractivity contribution in [2.45, 2.75) is 11.8 Å². The Morgan fingerprint density at radius 2 is 1.62 bits per heavy atom. The highest BCUT2D eigenvalue weighted by Gasteiger charge is 2.11. The van der Waals surface area contributed by atoms with Gasteiger partial charge in [-0.05, 0) is 42.5 Å². The third-order valence-electron chi connectivity index (χ3n) is 3.08. The van der Waals surface area contributed by atoms with E-state index >= 15 is 0 Å². The maximum absolute atomic E-state index is 12.2. The summed E-state index contributed by atoms with van der Waals surface area (Å²) in [6.45, 7) is 1.35. The van der Waals surface area contributed by atoms with E-state index in [0.29, 0.717) is 22.0 Å². The Hall–Kier alpha value is -2.38. The van der Waals surface area contributed by atoms with E-state index in [-0.39, 0.29) is 10.8 Å². The zero-order valence-electron chi connectivity index (χ0n) is 13.0. The normalized spacial score (nSPS) is 11.0. The van der Waals surface area contributed by atoms with Crippen LogP contribution in [0.15, 0.2) is 47.4 Å². The summed E-state index contributed by atoms with van der Waals surface area (Å²) in [6.07, 6.45) is 1.10. The lowest BCUT2D eigenvalue weighted by atomic mass is 10.2. The first-order valence-electron chi connectivity index (χ1n) is 6.85. The number of sulfone groups is 1. The van der Waals surface area contributed by atoms with Crippen LogP contribution in [0.25, 0.3) is 0 Å². The molecule has 0 aliphatic rings. The molecule has 0 atom stereocenters. The fourth-order valence-corrected chi connectivity index (χ4v) is 2.74. The second kappa shape index (κ2) is 7.02. The molecule has 0 aromatic heterocycles. The highest BCUT2D eigenvalue weighted by Crippen LogP contribution is 2.26. The third-order valence-corrected chi connectivity index (χ3v) is 4.54. The van der Waals surface area contributed by atoms with Crippen molar-refractivity contribution in [3.05, 3.63) is 53.1 Å². The fourth-order valence-electron chi connectivity index (χ4n) is 1.95. The summed E-state index contributed by atoms with van der Waals surface area (Å²) in [6, 6.07) is 10.3. The predicted molar refractivity (Wildman–Crippen MR) is 93.3 cm³/mol. The minimum Gasteiger partial charge on any atom is -0.325 e. The van der Waals surface area contributed by atoms with Gasteiger partial charge in [-0.15, -0.1) is 0 Å². The number of amides is 2. The minimum absolute atomic E-state index is 0.137. The van der Waals surface area contributed by atoms with E-state index < -0.39 is 15.7 Å². The van der Waals surface area contributed by atoms with Crippen molar-refractivity contribution >= 4 is 44.6 Å². The Labute approximate surface area is 144 Å². The molecule has 6 nitrogen and oxygen atoms in total. The van der Waals surface area contributed by atoms with E-state index in [1.165, 1.54) is 37.3 Å². The molecule has 0 saturated carbocycles. The van der Waals surface area contributed by atoms with Crippen LogP contribution in [-0.2, 0) is 14.6 Å². The molecule has 0 heterocycles. The van der Waals surface area contributed by atoms with Crippen LogP contribution in [0.2, 0.25) is 5.02 Å². The molecule has 0 aliphatic carbocycles. The van der Waals surface area contributed by atoms with Gasteiger partial charge in [0.05, 0.1) is 15.6 Å². The smallest absolute Gasteiger partial charge is 0.255 e. The first kappa shape index (κ1) is 18.0. The number of rotatable bonds is 4. The third kappa shape index (κ3) is 4.56. The second-order valence-corrected chi connectivity index (χ2v) is 7.55. The van der Waals surface area contributed by atoms with Gasteiger partial charge in [0.2, 0.25) is 5.91 Å². The lowest BCUT2D eigenvalue weighted by Crippen LogP contribution is -2.13. The molecule has 2 aromatic carbocycles. The lowest BCUT2D eigenvalue weighted by Gasteiger charge is -2.10. The van der Waals surface area contributed by atoms with E-state index in [2.05, 4.69) is 10.6 Å². The Morgan fingerprint density at radius 1 is 1.00 bits per heavy atom. The van der Waals surface area contributed by atoms with E-state index in [1.54, 1.807) is 12.1 Å². The Morgan fingerprint density at radius 3 is 2.17 bits per heavy atom. The molecule has 0 spiro atoms. The van der Waals surface area contributed by atoms with Gasteiger partial charge in [0.1, 0.15) is 0 Å². The maximum Gasteiger partial charge on any atom is 0.255 e. The molecular formula is C16H15ClN2O4S. The Kier molecular flexibility index (Phi) is 5.26. The molecule has 8 heteroatoms. The summed E-state index contributed by atoms with van der Waals surface area (Å²) in [7, 11) is -3.31. The average molecular weight is 367 g/mol. The quantitative estimate of drug-likeness (QED) is 0.870. The summed E-state index contributed by atoms with van der Waals surface area (Å²) < 4.78 is 22.8. The number of benzene rings is 2. The molecule has 126 valence electrons. The first-order chi connectivity index (χ1) is 11.2. The number of hydrogen-bond acceptors (Lipinski definition) is 4. The molecule has 2 N–H and O–H groups in total. The number of halogens is 1. The van der Waals surface area contributed by atoms with E-state index in [4.69, 9.17) is 11.6 Å². The van der Waals surface area contributed by atoms with Crippen LogP contribution < -0.4 is 10.6 Å². The van der Waals surface area contributed by atoms with Crippen molar-refractivity contribution in [3.8, 4) is 0 Å². The highest BCUT2D eigenvalue weighted by molar-refractivity contribution is 7.90.